The predicted molar refractivity (Wildman–Crippen MR) is 92.2 cm³/mol. The van der Waals surface area contributed by atoms with Crippen molar-refractivity contribution < 1.29 is 4.74 Å². The van der Waals surface area contributed by atoms with Crippen LogP contribution in [-0.4, -0.2) is 7.11 Å². The Bertz CT molecular complexity index is 563. The van der Waals surface area contributed by atoms with Crippen LogP contribution in [0.3, 0.4) is 0 Å². The van der Waals surface area contributed by atoms with Gasteiger partial charge in [-0.3, -0.25) is 0 Å². The van der Waals surface area contributed by atoms with E-state index < -0.39 is 0 Å². The highest BCUT2D eigenvalue weighted by Gasteiger charge is 2.04. The van der Waals surface area contributed by atoms with Crippen molar-refractivity contribution in [2.24, 2.45) is 0 Å². The second-order valence-corrected chi connectivity index (χ2v) is 5.50. The van der Waals surface area contributed by atoms with Gasteiger partial charge in [-0.1, -0.05) is 28.1 Å². The largest absolute Gasteiger partial charge is 0.380 e. The molecule has 2 N–H and O–H groups in total. The lowest BCUT2D eigenvalue weighted by Gasteiger charge is -2.13. The van der Waals surface area contributed by atoms with E-state index in [4.69, 9.17) is 4.74 Å². The molecule has 0 bridgehead atoms. The first-order valence-electron chi connectivity index (χ1n) is 5.74. The zero-order chi connectivity index (χ0) is 13.7. The highest BCUT2D eigenvalue weighted by Crippen LogP contribution is 2.29. The van der Waals surface area contributed by atoms with Gasteiger partial charge in [-0.25, -0.2) is 0 Å². The van der Waals surface area contributed by atoms with E-state index in [-0.39, 0.29) is 0 Å². The molecule has 0 saturated heterocycles. The molecule has 0 heterocycles. The molecule has 2 aromatic rings. The summed E-state index contributed by atoms with van der Waals surface area (Å²) in [6, 6.07) is 14.3. The van der Waals surface area contributed by atoms with Crippen molar-refractivity contribution in [3.8, 4) is 0 Å². The van der Waals surface area contributed by atoms with Crippen LogP contribution in [0.15, 0.2) is 46.9 Å². The van der Waals surface area contributed by atoms with Crippen molar-refractivity contribution >= 4 is 55.9 Å². The lowest BCUT2D eigenvalue weighted by atomic mass is 10.1. The average molecular weight is 433 g/mol. The van der Waals surface area contributed by atoms with Crippen molar-refractivity contribution in [1.82, 2.24) is 0 Å². The quantitative estimate of drug-likeness (QED) is 0.509. The summed E-state index contributed by atoms with van der Waals surface area (Å²) < 4.78 is 9.37. The van der Waals surface area contributed by atoms with Crippen LogP contribution in [0.2, 0.25) is 0 Å². The molecule has 0 aliphatic rings. The topological polar surface area (TPSA) is 33.3 Å². The van der Waals surface area contributed by atoms with E-state index in [0.29, 0.717) is 6.61 Å². The highest BCUT2D eigenvalue weighted by atomic mass is 127. The molecule has 19 heavy (non-hydrogen) atoms. The van der Waals surface area contributed by atoms with Crippen LogP contribution in [0.25, 0.3) is 0 Å². The Morgan fingerprint density at radius 1 is 1.16 bits per heavy atom. The molecule has 0 fully saturated rings. The first-order valence-corrected chi connectivity index (χ1v) is 7.61. The third-order valence-electron chi connectivity index (χ3n) is 2.60. The van der Waals surface area contributed by atoms with Crippen LogP contribution in [0.5, 0.6) is 0 Å². The van der Waals surface area contributed by atoms with E-state index in [9.17, 15) is 0 Å². The van der Waals surface area contributed by atoms with Crippen LogP contribution < -0.4 is 8.85 Å². The number of anilines is 3. The van der Waals surface area contributed by atoms with Gasteiger partial charge >= 0.3 is 0 Å². The Labute approximate surface area is 135 Å². The smallest absolute Gasteiger partial charge is 0.0713 e. The summed E-state index contributed by atoms with van der Waals surface area (Å²) in [5, 5.41) is 3.40. The number of halogens is 2. The number of hydrogen-bond acceptors (Lipinski definition) is 3. The van der Waals surface area contributed by atoms with Crippen LogP contribution in [0, 0.1) is 0 Å². The second kappa shape index (κ2) is 7.12. The standard InChI is InChI=1S/C14H14BrIN2O/c1-19-9-10-5-6-13(14(7-10)18-16)17-12-4-2-3-11(15)8-12/h2-8,17-18H,9H2,1H3. The first kappa shape index (κ1) is 14.6. The summed E-state index contributed by atoms with van der Waals surface area (Å²) in [4.78, 5) is 0. The summed E-state index contributed by atoms with van der Waals surface area (Å²) in [5.41, 5.74) is 4.26. The van der Waals surface area contributed by atoms with Gasteiger partial charge in [-0.05, 0) is 35.9 Å². The molecule has 0 atom stereocenters. The monoisotopic (exact) mass is 432 g/mol. The fourth-order valence-corrected chi connectivity index (χ4v) is 2.60. The average Bonchev–Trinajstić information content (AvgIpc) is 2.41. The van der Waals surface area contributed by atoms with E-state index in [1.807, 2.05) is 24.3 Å². The third-order valence-corrected chi connectivity index (χ3v) is 3.67. The zero-order valence-corrected chi connectivity index (χ0v) is 14.2. The molecule has 0 saturated carbocycles. The maximum Gasteiger partial charge on any atom is 0.0713 e. The van der Waals surface area contributed by atoms with Gasteiger partial charge in [-0.2, -0.15) is 0 Å². The van der Waals surface area contributed by atoms with E-state index in [1.54, 1.807) is 7.11 Å². The van der Waals surface area contributed by atoms with E-state index in [1.165, 1.54) is 0 Å². The second-order valence-electron chi connectivity index (χ2n) is 4.04. The van der Waals surface area contributed by atoms with Crippen LogP contribution in [0.1, 0.15) is 5.56 Å². The third kappa shape index (κ3) is 4.09. The maximum absolute atomic E-state index is 5.14. The normalized spacial score (nSPS) is 10.3. The Morgan fingerprint density at radius 2 is 2.00 bits per heavy atom. The van der Waals surface area contributed by atoms with Crippen molar-refractivity contribution in [2.45, 2.75) is 6.61 Å². The van der Waals surface area contributed by atoms with Crippen molar-refractivity contribution in [2.75, 3.05) is 16.0 Å². The van der Waals surface area contributed by atoms with Gasteiger partial charge in [0, 0.05) is 17.3 Å². The summed E-state index contributed by atoms with van der Waals surface area (Å²) >= 11 is 5.60. The SMILES string of the molecule is COCc1ccc(Nc2cccc(Br)c2)c(NI)c1. The number of benzene rings is 2. The van der Waals surface area contributed by atoms with Crippen LogP contribution >= 0.6 is 38.8 Å². The van der Waals surface area contributed by atoms with Gasteiger partial charge in [0.1, 0.15) is 0 Å². The van der Waals surface area contributed by atoms with Gasteiger partial charge in [-0.15, -0.1) is 0 Å². The van der Waals surface area contributed by atoms with Gasteiger partial charge < -0.3 is 13.6 Å². The van der Waals surface area contributed by atoms with Gasteiger partial charge in [0.15, 0.2) is 0 Å². The lowest BCUT2D eigenvalue weighted by molar-refractivity contribution is 0.185. The van der Waals surface area contributed by atoms with E-state index in [2.05, 4.69) is 65.8 Å². The van der Waals surface area contributed by atoms with Gasteiger partial charge in [0.25, 0.3) is 0 Å². The van der Waals surface area contributed by atoms with Crippen molar-refractivity contribution in [1.29, 1.82) is 0 Å². The maximum atomic E-state index is 5.14. The molecular weight excluding hydrogens is 419 g/mol. The molecule has 0 radical (unpaired) electrons. The molecule has 2 aromatic carbocycles. The van der Waals surface area contributed by atoms with Gasteiger partial charge in [0.2, 0.25) is 0 Å². The molecule has 0 amide bonds. The summed E-state index contributed by atoms with van der Waals surface area (Å²) in [6.45, 7) is 0.614. The summed E-state index contributed by atoms with van der Waals surface area (Å²) in [6.07, 6.45) is 0. The molecule has 100 valence electrons. The molecule has 2 rings (SSSR count). The van der Waals surface area contributed by atoms with Gasteiger partial charge in [0.05, 0.1) is 40.8 Å². The predicted octanol–water partition coefficient (Wildman–Crippen LogP) is 5.10. The van der Waals surface area contributed by atoms with E-state index >= 15 is 0 Å². The number of methoxy groups -OCH3 is 1. The molecule has 5 heteroatoms. The summed E-state index contributed by atoms with van der Waals surface area (Å²) in [5.74, 6) is 0. The Hall–Kier alpha value is -0.790. The molecule has 0 aliphatic heterocycles. The zero-order valence-electron chi connectivity index (χ0n) is 10.4. The Morgan fingerprint density at radius 3 is 2.68 bits per heavy atom. The Kier molecular flexibility index (Phi) is 5.47. The fourth-order valence-electron chi connectivity index (χ4n) is 1.76. The van der Waals surface area contributed by atoms with Crippen molar-refractivity contribution in [3.63, 3.8) is 0 Å². The Balaban J connectivity index is 2.24. The minimum atomic E-state index is 0.614. The number of hydrogen-bond donors (Lipinski definition) is 2. The molecule has 0 aliphatic carbocycles. The summed E-state index contributed by atoms with van der Waals surface area (Å²) in [7, 11) is 1.70. The highest BCUT2D eigenvalue weighted by molar-refractivity contribution is 14.1. The van der Waals surface area contributed by atoms with Crippen molar-refractivity contribution in [3.05, 3.63) is 52.5 Å². The molecule has 0 spiro atoms. The minimum absolute atomic E-state index is 0.614. The number of rotatable bonds is 5. The van der Waals surface area contributed by atoms with Crippen LogP contribution in [-0.2, 0) is 11.3 Å². The molecular formula is C14H14BrIN2O. The lowest BCUT2D eigenvalue weighted by Crippen LogP contribution is -1.96. The molecule has 3 nitrogen and oxygen atoms in total. The molecule has 0 unspecified atom stereocenters. The minimum Gasteiger partial charge on any atom is -0.380 e. The van der Waals surface area contributed by atoms with E-state index in [0.717, 1.165) is 27.1 Å². The first-order chi connectivity index (χ1) is 9.22. The number of nitrogens with one attached hydrogen (secondary N) is 2. The molecule has 0 aromatic heterocycles. The van der Waals surface area contributed by atoms with Crippen LogP contribution in [0.4, 0.5) is 17.1 Å². The fraction of sp³-hybridized carbons (Fsp3) is 0.143. The number of ether oxygens (including phenoxy) is 1.